The molecule has 0 bridgehead atoms. The average molecular weight is 497 g/mol. The first-order chi connectivity index (χ1) is 16.2. The van der Waals surface area contributed by atoms with E-state index in [4.69, 9.17) is 4.43 Å². The molecule has 198 valence electrons. The summed E-state index contributed by atoms with van der Waals surface area (Å²) in [6, 6.07) is 0. The fourth-order valence-corrected chi connectivity index (χ4v) is 7.88. The SMILES string of the molecule is C=C1CC[C@@H](O[Si](C)(C)C(C)(C)C)CC1=CC=C1CCC[C@]2(C)C(CC=CC(C)C(C)C)CCC12. The molecule has 35 heavy (non-hydrogen) atoms. The van der Waals surface area contributed by atoms with Crippen molar-refractivity contribution < 1.29 is 4.43 Å². The second-order valence-corrected chi connectivity index (χ2v) is 19.0. The van der Waals surface area contributed by atoms with Crippen molar-refractivity contribution >= 4 is 8.32 Å². The fraction of sp³-hybridized carbons (Fsp3) is 0.758. The van der Waals surface area contributed by atoms with Gasteiger partial charge in [-0.15, -0.1) is 0 Å². The van der Waals surface area contributed by atoms with Crippen molar-refractivity contribution in [3.05, 3.63) is 47.6 Å². The molecular formula is C33H56OSi. The third-order valence-electron chi connectivity index (χ3n) is 10.5. The largest absolute Gasteiger partial charge is 0.414 e. The Labute approximate surface area is 219 Å². The van der Waals surface area contributed by atoms with E-state index in [1.54, 1.807) is 5.57 Å². The van der Waals surface area contributed by atoms with Gasteiger partial charge in [0.2, 0.25) is 0 Å². The van der Waals surface area contributed by atoms with Crippen molar-refractivity contribution in [3.8, 4) is 0 Å². The molecule has 0 aromatic carbocycles. The lowest BCUT2D eigenvalue weighted by atomic mass is 9.63. The molecule has 5 atom stereocenters. The molecule has 0 spiro atoms. The Morgan fingerprint density at radius 2 is 1.80 bits per heavy atom. The van der Waals surface area contributed by atoms with Crippen molar-refractivity contribution in [2.45, 2.75) is 130 Å². The maximum atomic E-state index is 6.81. The monoisotopic (exact) mass is 496 g/mol. The van der Waals surface area contributed by atoms with Gasteiger partial charge in [0.15, 0.2) is 8.32 Å². The van der Waals surface area contributed by atoms with Gasteiger partial charge in [0, 0.05) is 6.10 Å². The van der Waals surface area contributed by atoms with Crippen molar-refractivity contribution in [3.63, 3.8) is 0 Å². The summed E-state index contributed by atoms with van der Waals surface area (Å²) in [7, 11) is -1.74. The lowest BCUT2D eigenvalue weighted by Crippen LogP contribution is -2.44. The zero-order valence-electron chi connectivity index (χ0n) is 24.7. The van der Waals surface area contributed by atoms with E-state index in [-0.39, 0.29) is 5.04 Å². The Bertz CT molecular complexity index is 836. The molecular weight excluding hydrogens is 440 g/mol. The minimum atomic E-state index is -1.74. The second-order valence-electron chi connectivity index (χ2n) is 14.2. The highest BCUT2D eigenvalue weighted by molar-refractivity contribution is 6.74. The van der Waals surface area contributed by atoms with E-state index in [1.807, 2.05) is 0 Å². The van der Waals surface area contributed by atoms with E-state index in [9.17, 15) is 0 Å². The molecule has 1 nitrogen and oxygen atoms in total. The van der Waals surface area contributed by atoms with Crippen LogP contribution < -0.4 is 0 Å². The molecule has 3 fully saturated rings. The standard InChI is InChI=1S/C33H56OSi/c1-24(2)25(3)13-11-15-29-19-21-31-27(14-12-22-33(29,31)8)17-18-28-23-30(20-16-26(28)4)34-35(9,10)32(5,6)7/h11,13,17-18,24-25,29-31H,4,12,14-16,19-23H2,1-3,5-10H3/t25?,29?,30-,31?,33-/m1/s1. The predicted octanol–water partition coefficient (Wildman–Crippen LogP) is 10.4. The molecule has 0 heterocycles. The van der Waals surface area contributed by atoms with Gasteiger partial charge in [-0.05, 0) is 111 Å². The van der Waals surface area contributed by atoms with E-state index in [1.165, 1.54) is 49.7 Å². The van der Waals surface area contributed by atoms with Gasteiger partial charge < -0.3 is 4.43 Å². The van der Waals surface area contributed by atoms with Crippen LogP contribution in [0.4, 0.5) is 0 Å². The summed E-state index contributed by atoms with van der Waals surface area (Å²) >= 11 is 0. The molecule has 3 unspecified atom stereocenters. The lowest BCUT2D eigenvalue weighted by Gasteiger charge is -2.42. The van der Waals surface area contributed by atoms with Crippen molar-refractivity contribution in [1.82, 2.24) is 0 Å². The predicted molar refractivity (Wildman–Crippen MR) is 157 cm³/mol. The summed E-state index contributed by atoms with van der Waals surface area (Å²) in [6.45, 7) is 25.9. The van der Waals surface area contributed by atoms with Crippen LogP contribution in [-0.2, 0) is 4.43 Å². The van der Waals surface area contributed by atoms with Gasteiger partial charge in [-0.1, -0.05) is 90.5 Å². The number of fused-ring (bicyclic) bond motifs is 1. The molecule has 0 N–H and O–H groups in total. The van der Waals surface area contributed by atoms with Crippen LogP contribution in [-0.4, -0.2) is 14.4 Å². The number of allylic oxidation sites excluding steroid dienone is 6. The molecule has 0 saturated heterocycles. The van der Waals surface area contributed by atoms with Crippen molar-refractivity contribution in [2.24, 2.45) is 29.1 Å². The third-order valence-corrected chi connectivity index (χ3v) is 15.0. The number of hydrogen-bond acceptors (Lipinski definition) is 1. The normalized spacial score (nSPS) is 33.8. The molecule has 0 amide bonds. The molecule has 0 aromatic heterocycles. The molecule has 2 heteroatoms. The molecule has 0 aliphatic heterocycles. The van der Waals surface area contributed by atoms with Crippen LogP contribution in [0.1, 0.15) is 106 Å². The number of rotatable bonds is 7. The molecule has 3 aliphatic carbocycles. The third kappa shape index (κ3) is 6.72. The Morgan fingerprint density at radius 3 is 2.46 bits per heavy atom. The topological polar surface area (TPSA) is 9.23 Å². The summed E-state index contributed by atoms with van der Waals surface area (Å²) in [5, 5.41) is 0.265. The summed E-state index contributed by atoms with van der Waals surface area (Å²) in [5.41, 5.74) is 4.98. The van der Waals surface area contributed by atoms with Crippen LogP contribution in [0.2, 0.25) is 18.1 Å². The van der Waals surface area contributed by atoms with E-state index < -0.39 is 8.32 Å². The lowest BCUT2D eigenvalue weighted by molar-refractivity contribution is 0.137. The fourth-order valence-electron chi connectivity index (χ4n) is 6.49. The summed E-state index contributed by atoms with van der Waals surface area (Å²) in [5.74, 6) is 3.02. The van der Waals surface area contributed by atoms with Gasteiger partial charge in [0.05, 0.1) is 0 Å². The first kappa shape index (κ1) is 28.7. The zero-order chi connectivity index (χ0) is 26.0. The van der Waals surface area contributed by atoms with Gasteiger partial charge in [-0.25, -0.2) is 0 Å². The maximum absolute atomic E-state index is 6.81. The van der Waals surface area contributed by atoms with Gasteiger partial charge in [0.1, 0.15) is 0 Å². The van der Waals surface area contributed by atoms with Gasteiger partial charge in [-0.2, -0.15) is 0 Å². The van der Waals surface area contributed by atoms with E-state index in [2.05, 4.69) is 92.4 Å². The van der Waals surface area contributed by atoms with Crippen LogP contribution >= 0.6 is 0 Å². The quantitative estimate of drug-likeness (QED) is 0.251. The van der Waals surface area contributed by atoms with Crippen LogP contribution in [0.15, 0.2) is 47.6 Å². The van der Waals surface area contributed by atoms with E-state index in [0.717, 1.165) is 37.0 Å². The Balaban J connectivity index is 1.70. The minimum absolute atomic E-state index is 0.265. The highest BCUT2D eigenvalue weighted by atomic mass is 28.4. The van der Waals surface area contributed by atoms with Crippen LogP contribution in [0.25, 0.3) is 0 Å². The molecule has 3 aliphatic rings. The van der Waals surface area contributed by atoms with Crippen molar-refractivity contribution in [2.75, 3.05) is 0 Å². The summed E-state index contributed by atoms with van der Waals surface area (Å²) < 4.78 is 6.81. The maximum Gasteiger partial charge on any atom is 0.192 e. The summed E-state index contributed by atoms with van der Waals surface area (Å²) in [4.78, 5) is 0. The van der Waals surface area contributed by atoms with Gasteiger partial charge >= 0.3 is 0 Å². The minimum Gasteiger partial charge on any atom is -0.414 e. The Hall–Kier alpha value is -0.863. The van der Waals surface area contributed by atoms with Gasteiger partial charge in [0.25, 0.3) is 0 Å². The molecule has 3 rings (SSSR count). The Kier molecular flexibility index (Phi) is 9.23. The first-order valence-corrected chi connectivity index (χ1v) is 17.6. The van der Waals surface area contributed by atoms with Crippen LogP contribution in [0.3, 0.4) is 0 Å². The molecule has 3 saturated carbocycles. The highest BCUT2D eigenvalue weighted by Crippen LogP contribution is 2.58. The second kappa shape index (κ2) is 11.3. The number of hydrogen-bond donors (Lipinski definition) is 0. The van der Waals surface area contributed by atoms with E-state index >= 15 is 0 Å². The smallest absolute Gasteiger partial charge is 0.192 e. The van der Waals surface area contributed by atoms with Gasteiger partial charge in [-0.3, -0.25) is 0 Å². The highest BCUT2D eigenvalue weighted by Gasteiger charge is 2.48. The summed E-state index contributed by atoms with van der Waals surface area (Å²) in [6.07, 6.45) is 21.6. The zero-order valence-corrected chi connectivity index (χ0v) is 25.7. The molecule has 0 aromatic rings. The average Bonchev–Trinajstić information content (AvgIpc) is 3.09. The molecule has 0 radical (unpaired) electrons. The Morgan fingerprint density at radius 1 is 1.09 bits per heavy atom. The van der Waals surface area contributed by atoms with E-state index in [0.29, 0.717) is 17.4 Å². The van der Waals surface area contributed by atoms with Crippen LogP contribution in [0.5, 0.6) is 0 Å². The van der Waals surface area contributed by atoms with Crippen molar-refractivity contribution in [1.29, 1.82) is 0 Å². The van der Waals surface area contributed by atoms with Crippen LogP contribution in [0, 0.1) is 29.1 Å². The first-order valence-electron chi connectivity index (χ1n) is 14.7.